The van der Waals surface area contributed by atoms with Crippen molar-refractivity contribution in [1.29, 1.82) is 0 Å². The van der Waals surface area contributed by atoms with Gasteiger partial charge in [0, 0.05) is 42.7 Å². The molecule has 0 fully saturated rings. The summed E-state index contributed by atoms with van der Waals surface area (Å²) in [5.41, 5.74) is 0. The summed E-state index contributed by atoms with van der Waals surface area (Å²) in [6.07, 6.45) is -0.175. The highest BCUT2D eigenvalue weighted by atomic mass is 31.2. The number of aliphatic hydroxyl groups is 2. The van der Waals surface area contributed by atoms with Crippen LogP contribution in [0.5, 0.6) is 0 Å². The van der Waals surface area contributed by atoms with Crippen LogP contribution in [0.25, 0.3) is 0 Å². The first-order valence-corrected chi connectivity index (χ1v) is 17.0. The predicted molar refractivity (Wildman–Crippen MR) is 143 cm³/mol. The second-order valence-corrected chi connectivity index (χ2v) is 13.8. The molecule has 0 amide bonds. The summed E-state index contributed by atoms with van der Waals surface area (Å²) in [4.78, 5) is 3.93. The van der Waals surface area contributed by atoms with E-state index in [0.29, 0.717) is 19.3 Å². The number of hydrogen-bond donors (Lipinski definition) is 3. The maximum atomic E-state index is 11.4. The third kappa shape index (κ3) is 21.5. The first kappa shape index (κ1) is 43.6. The Morgan fingerprint density at radius 2 is 0.821 bits per heavy atom. The lowest BCUT2D eigenvalue weighted by atomic mass is 10.3. The standard InChI is InChI=1S/2C7H17O5P.C6H15O6P/c2*1-4-7(5-8)12-6-13(9,10-2)11-3;1-4-6(12-7)11-5-13(8,9-2)10-3/h2*7-8H,4-6H2,1-3H3;6-7H,4-5H2,1-3H3/t2*7-;6-/m001/s1. The molecule has 0 rings (SSSR count). The van der Waals surface area contributed by atoms with E-state index < -0.39 is 29.1 Å². The number of rotatable bonds is 21. The molecule has 0 unspecified atom stereocenters. The molecule has 19 heteroatoms. The van der Waals surface area contributed by atoms with E-state index in [-0.39, 0.29) is 44.5 Å². The van der Waals surface area contributed by atoms with Gasteiger partial charge in [0.2, 0.25) is 0 Å². The molecule has 39 heavy (non-hydrogen) atoms. The van der Waals surface area contributed by atoms with Crippen LogP contribution in [0.4, 0.5) is 0 Å². The van der Waals surface area contributed by atoms with Crippen LogP contribution in [0.3, 0.4) is 0 Å². The monoisotopic (exact) mass is 638 g/mol. The molecule has 240 valence electrons. The Balaban J connectivity index is -0.000000498. The maximum Gasteiger partial charge on any atom is 0.355 e. The van der Waals surface area contributed by atoms with Crippen molar-refractivity contribution in [2.75, 3.05) is 74.9 Å². The third-order valence-corrected chi connectivity index (χ3v) is 9.53. The molecule has 0 radical (unpaired) electrons. The quantitative estimate of drug-likeness (QED) is 0.0700. The molecule has 0 saturated carbocycles. The molecule has 0 spiro atoms. The molecule has 0 aromatic carbocycles. The van der Waals surface area contributed by atoms with E-state index in [1.54, 1.807) is 6.92 Å². The van der Waals surface area contributed by atoms with Crippen LogP contribution < -0.4 is 0 Å². The predicted octanol–water partition coefficient (Wildman–Crippen LogP) is 4.11. The Labute approximate surface area is 232 Å². The van der Waals surface area contributed by atoms with Gasteiger partial charge in [-0.05, 0) is 19.3 Å². The second kappa shape index (κ2) is 25.8. The number of aliphatic hydroxyl groups excluding tert-OH is 2. The lowest BCUT2D eigenvalue weighted by Crippen LogP contribution is -2.17. The largest absolute Gasteiger partial charge is 0.394 e. The van der Waals surface area contributed by atoms with E-state index >= 15 is 0 Å². The fraction of sp³-hybridized carbons (Fsp3) is 1.00. The molecule has 0 aliphatic heterocycles. The average molecular weight is 639 g/mol. The minimum Gasteiger partial charge on any atom is -0.394 e. The zero-order valence-electron chi connectivity index (χ0n) is 24.4. The molecule has 0 aliphatic carbocycles. The van der Waals surface area contributed by atoms with E-state index in [4.69, 9.17) is 29.7 Å². The van der Waals surface area contributed by atoms with Crippen LogP contribution in [0.1, 0.15) is 40.0 Å². The van der Waals surface area contributed by atoms with Gasteiger partial charge in [-0.2, -0.15) is 0 Å². The minimum atomic E-state index is -3.17. The van der Waals surface area contributed by atoms with Crippen LogP contribution >= 0.6 is 22.8 Å². The summed E-state index contributed by atoms with van der Waals surface area (Å²) in [5.74, 6) is 0. The van der Waals surface area contributed by atoms with E-state index in [9.17, 15) is 13.7 Å². The van der Waals surface area contributed by atoms with Crippen LogP contribution in [0.15, 0.2) is 0 Å². The second-order valence-electron chi connectivity index (χ2n) is 7.18. The highest BCUT2D eigenvalue weighted by molar-refractivity contribution is 7.54. The van der Waals surface area contributed by atoms with E-state index in [1.165, 1.54) is 42.7 Å². The van der Waals surface area contributed by atoms with Crippen molar-refractivity contribution < 1.29 is 75.4 Å². The molecule has 3 N–H and O–H groups in total. The molecule has 0 saturated heterocycles. The lowest BCUT2D eigenvalue weighted by molar-refractivity contribution is -0.343. The third-order valence-electron chi connectivity index (χ3n) is 4.79. The van der Waals surface area contributed by atoms with Gasteiger partial charge in [0.25, 0.3) is 0 Å². The lowest BCUT2D eigenvalue weighted by Gasteiger charge is -2.17. The zero-order chi connectivity index (χ0) is 31.0. The summed E-state index contributed by atoms with van der Waals surface area (Å²) >= 11 is 0. The smallest absolute Gasteiger partial charge is 0.355 e. The topological polar surface area (TPSA) is 204 Å². The van der Waals surface area contributed by atoms with Gasteiger partial charge in [-0.15, -0.1) is 0 Å². The Bertz CT molecular complexity index is 572. The van der Waals surface area contributed by atoms with Crippen molar-refractivity contribution in [3.05, 3.63) is 0 Å². The van der Waals surface area contributed by atoms with Crippen molar-refractivity contribution >= 4 is 22.8 Å². The van der Waals surface area contributed by atoms with Crippen molar-refractivity contribution in [2.45, 2.75) is 58.5 Å². The van der Waals surface area contributed by atoms with Crippen LogP contribution in [-0.4, -0.2) is 109 Å². The van der Waals surface area contributed by atoms with E-state index in [2.05, 4.69) is 32.0 Å². The van der Waals surface area contributed by atoms with Gasteiger partial charge in [0.15, 0.2) is 12.6 Å². The zero-order valence-corrected chi connectivity index (χ0v) is 27.1. The van der Waals surface area contributed by atoms with Gasteiger partial charge in [-0.1, -0.05) is 20.8 Å². The number of ether oxygens (including phenoxy) is 3. The highest BCUT2D eigenvalue weighted by Crippen LogP contribution is 2.47. The fourth-order valence-electron chi connectivity index (χ4n) is 1.93. The molecule has 0 heterocycles. The Hall–Kier alpha value is 0.170. The van der Waals surface area contributed by atoms with Gasteiger partial charge < -0.3 is 51.6 Å². The summed E-state index contributed by atoms with van der Waals surface area (Å²) < 4.78 is 77.2. The van der Waals surface area contributed by atoms with E-state index in [1.807, 2.05) is 13.8 Å². The van der Waals surface area contributed by atoms with Gasteiger partial charge in [0.1, 0.15) is 12.7 Å². The SMILES string of the molecule is CC[C@@H](CO)OCP(=O)(OC)OC.CC[C@@H](CO)OCP(=O)(OC)OC.CC[C@@H](OO)OCP(=O)(OC)OC. The minimum absolute atomic E-state index is 0.0933. The highest BCUT2D eigenvalue weighted by Gasteiger charge is 2.24. The molecule has 3 atom stereocenters. The molecule has 16 nitrogen and oxygen atoms in total. The normalized spacial score (nSPS) is 14.5. The first-order chi connectivity index (χ1) is 18.3. The van der Waals surface area contributed by atoms with Gasteiger partial charge in [-0.3, -0.25) is 13.7 Å². The Kier molecular flexibility index (Phi) is 28.9. The molecular weight excluding hydrogens is 589 g/mol. The van der Waals surface area contributed by atoms with Gasteiger partial charge in [0.05, 0.1) is 25.4 Å². The first-order valence-electron chi connectivity index (χ1n) is 11.8. The molecule has 0 aromatic rings. The molecule has 0 bridgehead atoms. The summed E-state index contributed by atoms with van der Waals surface area (Å²) in [6.45, 7) is 5.29. The molecular formula is C20H49O16P3. The van der Waals surface area contributed by atoms with Crippen LogP contribution in [-0.2, 0) is 59.9 Å². The van der Waals surface area contributed by atoms with Crippen LogP contribution in [0.2, 0.25) is 0 Å². The van der Waals surface area contributed by atoms with Crippen molar-refractivity contribution in [3.63, 3.8) is 0 Å². The van der Waals surface area contributed by atoms with Crippen LogP contribution in [0, 0.1) is 0 Å². The molecule has 0 aromatic heterocycles. The van der Waals surface area contributed by atoms with Crippen molar-refractivity contribution in [1.82, 2.24) is 0 Å². The van der Waals surface area contributed by atoms with Crippen molar-refractivity contribution in [3.8, 4) is 0 Å². The maximum absolute atomic E-state index is 11.4. The summed E-state index contributed by atoms with van der Waals surface area (Å²) in [6, 6.07) is 0. The Morgan fingerprint density at radius 3 is 1.00 bits per heavy atom. The van der Waals surface area contributed by atoms with E-state index in [0.717, 1.165) is 0 Å². The molecule has 0 aliphatic rings. The Morgan fingerprint density at radius 1 is 0.538 bits per heavy atom. The average Bonchev–Trinajstić information content (AvgIpc) is 2.98. The summed E-state index contributed by atoms with van der Waals surface area (Å²) in [7, 11) is -1.65. The summed E-state index contributed by atoms with van der Waals surface area (Å²) in [5, 5.41) is 25.8. The van der Waals surface area contributed by atoms with Gasteiger partial charge in [-0.25, -0.2) is 10.1 Å². The number of hydrogen-bond acceptors (Lipinski definition) is 16. The van der Waals surface area contributed by atoms with Crippen molar-refractivity contribution in [2.24, 2.45) is 0 Å². The van der Waals surface area contributed by atoms with Gasteiger partial charge >= 0.3 is 22.8 Å². The fourth-order valence-corrected chi connectivity index (χ4v) is 4.15.